The fourth-order valence-corrected chi connectivity index (χ4v) is 1.01. The molecule has 0 aromatic carbocycles. The van der Waals surface area contributed by atoms with Crippen molar-refractivity contribution in [2.45, 2.75) is 13.8 Å². The van der Waals surface area contributed by atoms with E-state index in [2.05, 4.69) is 23.9 Å². The van der Waals surface area contributed by atoms with Crippen LogP contribution in [0.25, 0.3) is 0 Å². The molecule has 0 aromatic heterocycles. The third kappa shape index (κ3) is 13.4. The van der Waals surface area contributed by atoms with Gasteiger partial charge in [0.1, 0.15) is 6.61 Å². The van der Waals surface area contributed by atoms with Crippen LogP contribution in [0.5, 0.6) is 0 Å². The highest BCUT2D eigenvalue weighted by atomic mass is 16.6. The molecule has 0 rings (SSSR count). The van der Waals surface area contributed by atoms with E-state index in [-0.39, 0.29) is 0 Å². The third-order valence-electron chi connectivity index (χ3n) is 1.76. The van der Waals surface area contributed by atoms with Gasteiger partial charge in [0.05, 0.1) is 26.4 Å². The minimum atomic E-state index is 0.305. The molecule has 0 atom stereocenters. The molecule has 0 amide bonds. The van der Waals surface area contributed by atoms with Crippen LogP contribution in [-0.2, 0) is 19.0 Å². The molecule has 96 valence electrons. The van der Waals surface area contributed by atoms with Gasteiger partial charge in [0.25, 0.3) is 6.47 Å². The Morgan fingerprint density at radius 3 is 2.31 bits per heavy atom. The molecule has 5 nitrogen and oxygen atoms in total. The second-order valence-electron chi connectivity index (χ2n) is 3.79. The van der Waals surface area contributed by atoms with Crippen molar-refractivity contribution in [3.05, 3.63) is 0 Å². The van der Waals surface area contributed by atoms with Crippen LogP contribution in [0.2, 0.25) is 0 Å². The summed E-state index contributed by atoms with van der Waals surface area (Å²) in [5, 5.41) is 3.28. The maximum absolute atomic E-state index is 9.78. The van der Waals surface area contributed by atoms with Crippen molar-refractivity contribution in [3.63, 3.8) is 0 Å². The Balaban J connectivity index is 2.90. The van der Waals surface area contributed by atoms with E-state index in [0.717, 1.165) is 13.1 Å². The van der Waals surface area contributed by atoms with E-state index in [1.165, 1.54) is 0 Å². The first-order chi connectivity index (χ1) is 7.77. The first kappa shape index (κ1) is 15.3. The van der Waals surface area contributed by atoms with Crippen molar-refractivity contribution in [2.75, 3.05) is 46.1 Å². The summed E-state index contributed by atoms with van der Waals surface area (Å²) in [5.41, 5.74) is 0. The molecule has 16 heavy (non-hydrogen) atoms. The Kier molecular flexibility index (Phi) is 11.9. The first-order valence-corrected chi connectivity index (χ1v) is 5.68. The van der Waals surface area contributed by atoms with E-state index in [9.17, 15) is 4.79 Å². The molecule has 0 saturated carbocycles. The van der Waals surface area contributed by atoms with Crippen LogP contribution in [0.3, 0.4) is 0 Å². The SMILES string of the molecule is CC(C)CNCCOCCOCCOC=O. The van der Waals surface area contributed by atoms with Gasteiger partial charge in [0.15, 0.2) is 0 Å². The predicted molar refractivity (Wildman–Crippen MR) is 61.4 cm³/mol. The summed E-state index contributed by atoms with van der Waals surface area (Å²) in [6.07, 6.45) is 0. The van der Waals surface area contributed by atoms with Gasteiger partial charge in [-0.25, -0.2) is 0 Å². The fraction of sp³-hybridized carbons (Fsp3) is 0.909. The predicted octanol–water partition coefficient (Wildman–Crippen LogP) is 0.438. The van der Waals surface area contributed by atoms with Crippen LogP contribution >= 0.6 is 0 Å². The third-order valence-corrected chi connectivity index (χ3v) is 1.76. The highest BCUT2D eigenvalue weighted by Crippen LogP contribution is 1.86. The van der Waals surface area contributed by atoms with Crippen LogP contribution in [0, 0.1) is 5.92 Å². The van der Waals surface area contributed by atoms with Gasteiger partial charge in [0.2, 0.25) is 0 Å². The van der Waals surface area contributed by atoms with Gasteiger partial charge < -0.3 is 19.5 Å². The van der Waals surface area contributed by atoms with E-state index in [1.54, 1.807) is 0 Å². The maximum Gasteiger partial charge on any atom is 0.293 e. The zero-order valence-corrected chi connectivity index (χ0v) is 10.2. The number of ether oxygens (including phenoxy) is 3. The molecule has 0 aliphatic rings. The van der Waals surface area contributed by atoms with Gasteiger partial charge in [-0.15, -0.1) is 0 Å². The number of rotatable bonds is 12. The lowest BCUT2D eigenvalue weighted by Crippen LogP contribution is -2.24. The standard InChI is InChI=1S/C11H23NO4/c1-11(2)9-12-3-4-14-5-6-15-7-8-16-10-13/h10-12H,3-9H2,1-2H3. The molecule has 1 N–H and O–H groups in total. The van der Waals surface area contributed by atoms with Crippen LogP contribution in [-0.4, -0.2) is 52.6 Å². The Morgan fingerprint density at radius 2 is 1.69 bits per heavy atom. The molecule has 0 bridgehead atoms. The summed E-state index contributed by atoms with van der Waals surface area (Å²) in [5.74, 6) is 0.668. The minimum absolute atomic E-state index is 0.305. The summed E-state index contributed by atoms with van der Waals surface area (Å²) in [7, 11) is 0. The van der Waals surface area contributed by atoms with Gasteiger partial charge >= 0.3 is 0 Å². The van der Waals surface area contributed by atoms with Gasteiger partial charge in [0, 0.05) is 6.54 Å². The van der Waals surface area contributed by atoms with Crippen LogP contribution in [0.4, 0.5) is 0 Å². The molecule has 0 unspecified atom stereocenters. The Bertz CT molecular complexity index is 153. The summed E-state index contributed by atoms with van der Waals surface area (Å²) in [4.78, 5) is 9.78. The highest BCUT2D eigenvalue weighted by molar-refractivity contribution is 5.36. The topological polar surface area (TPSA) is 56.8 Å². The van der Waals surface area contributed by atoms with Crippen molar-refractivity contribution in [3.8, 4) is 0 Å². The maximum atomic E-state index is 9.78. The van der Waals surface area contributed by atoms with Gasteiger partial charge in [-0.1, -0.05) is 13.8 Å². The lowest BCUT2D eigenvalue weighted by molar-refractivity contribution is -0.130. The Labute approximate surface area is 97.4 Å². The molecule has 0 heterocycles. The number of hydrogen-bond acceptors (Lipinski definition) is 5. The second-order valence-corrected chi connectivity index (χ2v) is 3.79. The first-order valence-electron chi connectivity index (χ1n) is 5.68. The molecule has 0 aliphatic heterocycles. The van der Waals surface area contributed by atoms with Crippen molar-refractivity contribution in [1.29, 1.82) is 0 Å². The summed E-state index contributed by atoms with van der Waals surface area (Å²) >= 11 is 0. The fourth-order valence-electron chi connectivity index (χ4n) is 1.01. The number of carbonyl (C=O) groups is 1. The molecule has 0 radical (unpaired) electrons. The molecule has 0 aliphatic carbocycles. The quantitative estimate of drug-likeness (QED) is 0.391. The van der Waals surface area contributed by atoms with Crippen LogP contribution in [0.1, 0.15) is 13.8 Å². The molecule has 0 spiro atoms. The van der Waals surface area contributed by atoms with Crippen molar-refractivity contribution in [2.24, 2.45) is 5.92 Å². The van der Waals surface area contributed by atoms with Gasteiger partial charge in [-0.05, 0) is 12.5 Å². The lowest BCUT2D eigenvalue weighted by Gasteiger charge is -2.08. The van der Waals surface area contributed by atoms with Crippen molar-refractivity contribution >= 4 is 6.47 Å². The van der Waals surface area contributed by atoms with E-state index >= 15 is 0 Å². The van der Waals surface area contributed by atoms with Gasteiger partial charge in [-0.2, -0.15) is 0 Å². The van der Waals surface area contributed by atoms with E-state index in [1.807, 2.05) is 0 Å². The smallest absolute Gasteiger partial charge is 0.293 e. The van der Waals surface area contributed by atoms with Gasteiger partial charge in [-0.3, -0.25) is 4.79 Å². The normalized spacial score (nSPS) is 10.7. The largest absolute Gasteiger partial charge is 0.465 e. The van der Waals surface area contributed by atoms with Crippen molar-refractivity contribution < 1.29 is 19.0 Å². The molecule has 0 fully saturated rings. The highest BCUT2D eigenvalue weighted by Gasteiger charge is 1.93. The zero-order chi connectivity index (χ0) is 12.1. The van der Waals surface area contributed by atoms with E-state index in [4.69, 9.17) is 9.47 Å². The monoisotopic (exact) mass is 233 g/mol. The summed E-state index contributed by atoms with van der Waals surface area (Å²) < 4.78 is 14.9. The molecule has 0 aromatic rings. The lowest BCUT2D eigenvalue weighted by atomic mass is 10.2. The van der Waals surface area contributed by atoms with Crippen molar-refractivity contribution in [1.82, 2.24) is 5.32 Å². The zero-order valence-electron chi connectivity index (χ0n) is 10.2. The second kappa shape index (κ2) is 12.4. The molecular formula is C11H23NO4. The van der Waals surface area contributed by atoms with Crippen LogP contribution in [0.15, 0.2) is 0 Å². The summed E-state index contributed by atoms with van der Waals surface area (Å²) in [6, 6.07) is 0. The average molecular weight is 233 g/mol. The minimum Gasteiger partial charge on any atom is -0.465 e. The molecule has 5 heteroatoms. The molecular weight excluding hydrogens is 210 g/mol. The molecule has 0 saturated heterocycles. The van der Waals surface area contributed by atoms with E-state index in [0.29, 0.717) is 45.4 Å². The Hall–Kier alpha value is -0.650. The number of carbonyl (C=O) groups excluding carboxylic acids is 1. The van der Waals surface area contributed by atoms with Crippen LogP contribution < -0.4 is 5.32 Å². The average Bonchev–Trinajstić information content (AvgIpc) is 2.25. The Morgan fingerprint density at radius 1 is 1.06 bits per heavy atom. The number of nitrogens with one attached hydrogen (secondary N) is 1. The van der Waals surface area contributed by atoms with E-state index < -0.39 is 0 Å². The number of hydrogen-bond donors (Lipinski definition) is 1. The summed E-state index contributed by atoms with van der Waals surface area (Å²) in [6.45, 7) is 9.17.